The third kappa shape index (κ3) is 2.75. The molecule has 4 rings (SSSR count). The quantitative estimate of drug-likeness (QED) is 0.738. The molecule has 6 heteroatoms. The normalized spacial score (nSPS) is 13.6. The molecular weight excluding hydrogens is 335 g/mol. The van der Waals surface area contributed by atoms with Gasteiger partial charge in [0.1, 0.15) is 0 Å². The summed E-state index contributed by atoms with van der Waals surface area (Å²) < 4.78 is 1.91. The summed E-state index contributed by atoms with van der Waals surface area (Å²) >= 11 is 0. The van der Waals surface area contributed by atoms with Crippen molar-refractivity contribution < 1.29 is 16.8 Å². The van der Waals surface area contributed by atoms with Gasteiger partial charge in [-0.05, 0) is 48.2 Å². The van der Waals surface area contributed by atoms with Crippen molar-refractivity contribution in [2.45, 2.75) is 18.8 Å². The number of rotatable bonds is 3. The molecule has 0 saturated heterocycles. The van der Waals surface area contributed by atoms with Gasteiger partial charge in [-0.25, -0.2) is 0 Å². The predicted molar refractivity (Wildman–Crippen MR) is 85.1 cm³/mol. The Morgan fingerprint density at radius 3 is 2.83 bits per heavy atom. The van der Waals surface area contributed by atoms with Crippen LogP contribution in [-0.2, 0) is 16.8 Å². The second-order valence-electron chi connectivity index (χ2n) is 5.52. The van der Waals surface area contributed by atoms with Crippen molar-refractivity contribution in [3.05, 3.63) is 58.8 Å². The van der Waals surface area contributed by atoms with Crippen LogP contribution in [0.5, 0.6) is 0 Å². The molecule has 1 N–H and O–H groups in total. The predicted octanol–water partition coefficient (Wildman–Crippen LogP) is 2.47. The Morgan fingerprint density at radius 2 is 2.17 bits per heavy atom. The van der Waals surface area contributed by atoms with Crippen LogP contribution in [0.4, 0.5) is 5.95 Å². The van der Waals surface area contributed by atoms with E-state index in [1.807, 2.05) is 16.7 Å². The molecule has 0 unspecified atom stereocenters. The van der Waals surface area contributed by atoms with Crippen LogP contribution in [-0.4, -0.2) is 21.4 Å². The smallest absolute Gasteiger partial charge is 0.240 e. The van der Waals surface area contributed by atoms with Crippen molar-refractivity contribution in [3.63, 3.8) is 0 Å². The second-order valence-corrected chi connectivity index (χ2v) is 5.52. The zero-order valence-electron chi connectivity index (χ0n) is 12.5. The van der Waals surface area contributed by atoms with E-state index >= 15 is 0 Å². The van der Waals surface area contributed by atoms with Crippen molar-refractivity contribution in [2.75, 3.05) is 12.4 Å². The molecule has 23 heavy (non-hydrogen) atoms. The molecule has 1 aliphatic rings. The van der Waals surface area contributed by atoms with Gasteiger partial charge in [0.15, 0.2) is 0 Å². The van der Waals surface area contributed by atoms with Gasteiger partial charge in [0.25, 0.3) is 0 Å². The van der Waals surface area contributed by atoms with E-state index in [2.05, 4.69) is 33.6 Å². The Morgan fingerprint density at radius 1 is 1.35 bits per heavy atom. The summed E-state index contributed by atoms with van der Waals surface area (Å²) in [6, 6.07) is 7.85. The molecule has 5 nitrogen and oxygen atoms in total. The maximum atomic E-state index is 12.5. The number of fused-ring (bicyclic) bond motifs is 1. The van der Waals surface area contributed by atoms with Crippen molar-refractivity contribution in [2.24, 2.45) is 0 Å². The first kappa shape index (κ1) is 15.7. The Bertz CT molecular complexity index is 904. The number of anilines is 1. The number of nitrogens with one attached hydrogen (secondary N) is 1. The monoisotopic (exact) mass is 350 g/mol. The van der Waals surface area contributed by atoms with E-state index < -0.39 is 0 Å². The van der Waals surface area contributed by atoms with Crippen LogP contribution in [0.1, 0.15) is 24.3 Å². The van der Waals surface area contributed by atoms with E-state index in [4.69, 9.17) is 0 Å². The molecule has 3 aromatic heterocycles. The summed E-state index contributed by atoms with van der Waals surface area (Å²) in [5.74, 6) is 1.16. The minimum atomic E-state index is -0.262. The molecular formula is C17H15CoN4O-. The molecule has 1 fully saturated rings. The Hall–Kier alpha value is -2.18. The number of hydrogen-bond donors (Lipinski definition) is 1. The zero-order valence-corrected chi connectivity index (χ0v) is 13.6. The van der Waals surface area contributed by atoms with E-state index in [0.29, 0.717) is 23.0 Å². The first-order valence-corrected chi connectivity index (χ1v) is 7.35. The standard InChI is InChI=1S/C17H15N4O.Co/c1-18-17-20-16(22)15(13-3-2-7-19-10-13)14-9-12(11-4-5-11)6-8-21(14)17;/h2-3,6-9,11H,4-5H2,1H3,(H,18,20,22);/q-1;. The first-order chi connectivity index (χ1) is 10.8. The van der Waals surface area contributed by atoms with E-state index in [0.717, 1.165) is 5.52 Å². The van der Waals surface area contributed by atoms with Gasteiger partial charge in [-0.2, -0.15) is 4.98 Å². The SMILES string of the molecule is CNc1nc(=O)c(-c2[c-]nccc2)c2cc(C3CC3)ccn12.[Co]. The van der Waals surface area contributed by atoms with Gasteiger partial charge in [-0.3, -0.25) is 9.20 Å². The van der Waals surface area contributed by atoms with Crippen LogP contribution in [0.15, 0.2) is 41.5 Å². The fourth-order valence-electron chi connectivity index (χ4n) is 2.77. The molecule has 0 amide bonds. The molecule has 1 aliphatic carbocycles. The maximum Gasteiger partial charge on any atom is 0.240 e. The van der Waals surface area contributed by atoms with Crippen molar-refractivity contribution in [1.82, 2.24) is 14.4 Å². The van der Waals surface area contributed by atoms with E-state index in [1.54, 1.807) is 19.3 Å². The molecule has 0 aliphatic heterocycles. The average molecular weight is 350 g/mol. The summed E-state index contributed by atoms with van der Waals surface area (Å²) in [6.07, 6.45) is 8.96. The van der Waals surface area contributed by atoms with E-state index in [-0.39, 0.29) is 22.3 Å². The van der Waals surface area contributed by atoms with Gasteiger partial charge in [-0.1, -0.05) is 6.20 Å². The second kappa shape index (κ2) is 6.14. The van der Waals surface area contributed by atoms with Crippen LogP contribution < -0.4 is 10.9 Å². The molecule has 0 aromatic carbocycles. The summed E-state index contributed by atoms with van der Waals surface area (Å²) in [6.45, 7) is 0. The van der Waals surface area contributed by atoms with Gasteiger partial charge in [0.05, 0.1) is 0 Å². The Kier molecular flexibility index (Phi) is 4.19. The Balaban J connectivity index is 0.00000156. The molecule has 3 aromatic rings. The third-order valence-corrected chi connectivity index (χ3v) is 4.03. The van der Waals surface area contributed by atoms with Crippen LogP contribution in [0.25, 0.3) is 16.6 Å². The number of nitrogens with zero attached hydrogens (tertiary/aromatic N) is 3. The van der Waals surface area contributed by atoms with Gasteiger partial charge < -0.3 is 10.3 Å². The number of hydrogen-bond acceptors (Lipinski definition) is 4. The van der Waals surface area contributed by atoms with Crippen LogP contribution in [0, 0.1) is 6.20 Å². The first-order valence-electron chi connectivity index (χ1n) is 7.35. The molecule has 1 radical (unpaired) electrons. The number of aromatic nitrogens is 3. The Labute approximate surface area is 144 Å². The third-order valence-electron chi connectivity index (χ3n) is 4.03. The zero-order chi connectivity index (χ0) is 15.1. The fourth-order valence-corrected chi connectivity index (χ4v) is 2.77. The van der Waals surface area contributed by atoms with Gasteiger partial charge in [0, 0.05) is 35.5 Å². The maximum absolute atomic E-state index is 12.5. The summed E-state index contributed by atoms with van der Waals surface area (Å²) in [7, 11) is 1.76. The van der Waals surface area contributed by atoms with Crippen LogP contribution >= 0.6 is 0 Å². The average Bonchev–Trinajstić information content (AvgIpc) is 3.39. The van der Waals surface area contributed by atoms with Crippen LogP contribution in [0.3, 0.4) is 0 Å². The summed E-state index contributed by atoms with van der Waals surface area (Å²) in [4.78, 5) is 20.6. The van der Waals surface area contributed by atoms with Gasteiger partial charge >= 0.3 is 0 Å². The van der Waals surface area contributed by atoms with E-state index in [1.165, 1.54) is 18.4 Å². The van der Waals surface area contributed by atoms with Gasteiger partial charge in [0.2, 0.25) is 11.5 Å². The van der Waals surface area contributed by atoms with Crippen LogP contribution in [0.2, 0.25) is 0 Å². The largest absolute Gasteiger partial charge is 0.360 e. The molecule has 0 atom stereocenters. The minimum absolute atomic E-state index is 0. The number of pyridine rings is 2. The summed E-state index contributed by atoms with van der Waals surface area (Å²) in [5.41, 5.74) is 3.08. The molecule has 0 bridgehead atoms. The fraction of sp³-hybridized carbons (Fsp3) is 0.235. The molecule has 0 spiro atoms. The topological polar surface area (TPSA) is 59.3 Å². The van der Waals surface area contributed by atoms with Crippen molar-refractivity contribution in [3.8, 4) is 11.1 Å². The molecule has 1 saturated carbocycles. The van der Waals surface area contributed by atoms with E-state index in [9.17, 15) is 4.79 Å². The molecule has 3 heterocycles. The summed E-state index contributed by atoms with van der Waals surface area (Å²) in [5, 5.41) is 2.98. The van der Waals surface area contributed by atoms with Crippen molar-refractivity contribution >= 4 is 11.5 Å². The molecule has 119 valence electrons. The van der Waals surface area contributed by atoms with Gasteiger partial charge in [-0.15, -0.1) is 17.7 Å². The minimum Gasteiger partial charge on any atom is -0.360 e. The van der Waals surface area contributed by atoms with Crippen molar-refractivity contribution in [1.29, 1.82) is 0 Å².